The van der Waals surface area contributed by atoms with Crippen LogP contribution in [0.5, 0.6) is 0 Å². The second kappa shape index (κ2) is 12.3. The van der Waals surface area contributed by atoms with Crippen LogP contribution in [0.3, 0.4) is 0 Å². The highest BCUT2D eigenvalue weighted by atomic mass is 35.5. The van der Waals surface area contributed by atoms with E-state index in [2.05, 4.69) is 39.9 Å². The predicted octanol–water partition coefficient (Wildman–Crippen LogP) is 7.21. The number of aromatic nitrogens is 3. The van der Waals surface area contributed by atoms with Crippen molar-refractivity contribution < 1.29 is 14.7 Å². The molecule has 206 valence electrons. The summed E-state index contributed by atoms with van der Waals surface area (Å²) < 4.78 is 1.90. The molecule has 39 heavy (non-hydrogen) atoms. The van der Waals surface area contributed by atoms with Crippen LogP contribution in [0.4, 0.5) is 5.69 Å². The summed E-state index contributed by atoms with van der Waals surface area (Å²) in [5, 5.41) is 21.8. The van der Waals surface area contributed by atoms with Gasteiger partial charge in [0.25, 0.3) is 0 Å². The van der Waals surface area contributed by atoms with Gasteiger partial charge in [-0.05, 0) is 80.3 Å². The standard InChI is InChI=1S/C31H37ClN4O3/c1-20-6-16-27(26(32)18-20)33-28(37)19-24(13-17-29(38)39)30-31(23-11-12-23)36(35-34-30)25-14-9-22(10-15-25)8-7-21-4-2-3-5-21/h6,9-10,14-16,18,21,23-24H,2-5,7-8,11-13,17,19H2,1H3,(H,33,37)(H,38,39)/t24-/m0/s1. The van der Waals surface area contributed by atoms with Gasteiger partial charge in [-0.25, -0.2) is 4.68 Å². The van der Waals surface area contributed by atoms with E-state index in [4.69, 9.17) is 11.6 Å². The van der Waals surface area contributed by atoms with E-state index < -0.39 is 5.97 Å². The third-order valence-electron chi connectivity index (χ3n) is 8.12. The van der Waals surface area contributed by atoms with Crippen molar-refractivity contribution in [1.82, 2.24) is 15.0 Å². The average molecular weight is 549 g/mol. The number of carboxylic acids is 1. The third-order valence-corrected chi connectivity index (χ3v) is 8.43. The van der Waals surface area contributed by atoms with Crippen molar-refractivity contribution in [3.63, 3.8) is 0 Å². The number of amides is 1. The van der Waals surface area contributed by atoms with Gasteiger partial charge in [0.15, 0.2) is 0 Å². The second-order valence-corrected chi connectivity index (χ2v) is 11.7. The first kappa shape index (κ1) is 27.4. The number of nitrogens with one attached hydrogen (secondary N) is 1. The molecule has 2 aliphatic carbocycles. The maximum absolute atomic E-state index is 13.1. The van der Waals surface area contributed by atoms with Crippen LogP contribution in [0.2, 0.25) is 5.02 Å². The molecule has 0 aliphatic heterocycles. The number of nitrogens with zero attached hydrogens (tertiary/aromatic N) is 3. The van der Waals surface area contributed by atoms with E-state index in [0.29, 0.717) is 23.0 Å². The highest BCUT2D eigenvalue weighted by molar-refractivity contribution is 6.33. The zero-order valence-corrected chi connectivity index (χ0v) is 23.3. The van der Waals surface area contributed by atoms with Gasteiger partial charge in [0.05, 0.1) is 27.8 Å². The normalized spacial score (nSPS) is 16.4. The first-order chi connectivity index (χ1) is 18.9. The summed E-state index contributed by atoms with van der Waals surface area (Å²) in [7, 11) is 0. The minimum atomic E-state index is -0.893. The quantitative estimate of drug-likeness (QED) is 0.249. The SMILES string of the molecule is Cc1ccc(NC(=O)C[C@H](CCC(=O)O)c2nnn(-c3ccc(CCC4CCCC4)cc3)c2C2CC2)c(Cl)c1. The number of benzene rings is 2. The molecule has 0 bridgehead atoms. The molecule has 1 amide bonds. The molecule has 0 unspecified atom stereocenters. The lowest BCUT2D eigenvalue weighted by molar-refractivity contribution is -0.137. The fourth-order valence-electron chi connectivity index (χ4n) is 5.77. The van der Waals surface area contributed by atoms with Crippen LogP contribution in [-0.4, -0.2) is 32.0 Å². The van der Waals surface area contributed by atoms with Gasteiger partial charge in [0.1, 0.15) is 0 Å². The van der Waals surface area contributed by atoms with Gasteiger partial charge in [-0.3, -0.25) is 9.59 Å². The number of halogens is 1. The maximum Gasteiger partial charge on any atom is 0.303 e. The van der Waals surface area contributed by atoms with Crippen molar-refractivity contribution in [2.45, 2.75) is 89.4 Å². The lowest BCUT2D eigenvalue weighted by atomic mass is 9.92. The summed E-state index contributed by atoms with van der Waals surface area (Å²) in [4.78, 5) is 24.5. The van der Waals surface area contributed by atoms with E-state index in [1.165, 1.54) is 37.7 Å². The molecule has 0 radical (unpaired) electrons. The van der Waals surface area contributed by atoms with Crippen molar-refractivity contribution >= 4 is 29.2 Å². The number of hydrogen-bond acceptors (Lipinski definition) is 4. The van der Waals surface area contributed by atoms with Crippen molar-refractivity contribution in [1.29, 1.82) is 0 Å². The largest absolute Gasteiger partial charge is 0.481 e. The van der Waals surface area contributed by atoms with Gasteiger partial charge in [0.2, 0.25) is 5.91 Å². The summed E-state index contributed by atoms with van der Waals surface area (Å²) >= 11 is 6.32. The Morgan fingerprint density at radius 1 is 1.10 bits per heavy atom. The third kappa shape index (κ3) is 7.07. The Balaban J connectivity index is 1.34. The Morgan fingerprint density at radius 2 is 1.85 bits per heavy atom. The molecule has 2 aliphatic rings. The molecule has 2 saturated carbocycles. The molecule has 5 rings (SSSR count). The van der Waals surface area contributed by atoms with Crippen LogP contribution >= 0.6 is 11.6 Å². The molecule has 2 N–H and O–H groups in total. The highest BCUT2D eigenvalue weighted by Gasteiger charge is 2.35. The number of rotatable bonds is 12. The lowest BCUT2D eigenvalue weighted by Crippen LogP contribution is -2.18. The van der Waals surface area contributed by atoms with Gasteiger partial charge in [-0.15, -0.1) is 5.10 Å². The number of carboxylic acid groups (broad SMARTS) is 1. The number of carbonyl (C=O) groups excluding carboxylic acids is 1. The zero-order valence-electron chi connectivity index (χ0n) is 22.5. The number of hydrogen-bond donors (Lipinski definition) is 2. The van der Waals surface area contributed by atoms with E-state index in [0.717, 1.165) is 47.8 Å². The van der Waals surface area contributed by atoms with Crippen LogP contribution < -0.4 is 5.32 Å². The Bertz CT molecular complexity index is 1310. The number of anilines is 1. The molecular weight excluding hydrogens is 512 g/mol. The Kier molecular flexibility index (Phi) is 8.66. The van der Waals surface area contributed by atoms with Crippen LogP contribution in [0.15, 0.2) is 42.5 Å². The van der Waals surface area contributed by atoms with Crippen molar-refractivity contribution in [2.75, 3.05) is 5.32 Å². The number of carbonyl (C=O) groups is 2. The first-order valence-electron chi connectivity index (χ1n) is 14.2. The van der Waals surface area contributed by atoms with Gasteiger partial charge >= 0.3 is 5.97 Å². The van der Waals surface area contributed by atoms with Crippen LogP contribution in [-0.2, 0) is 16.0 Å². The molecule has 7 nitrogen and oxygen atoms in total. The van der Waals surface area contributed by atoms with E-state index in [-0.39, 0.29) is 24.7 Å². The fourth-order valence-corrected chi connectivity index (χ4v) is 6.06. The molecule has 0 saturated heterocycles. The average Bonchev–Trinajstić information content (AvgIpc) is 3.42. The van der Waals surface area contributed by atoms with Crippen LogP contribution in [0, 0.1) is 12.8 Å². The summed E-state index contributed by atoms with van der Waals surface area (Å²) in [6.45, 7) is 1.94. The van der Waals surface area contributed by atoms with Crippen LogP contribution in [0.1, 0.15) is 98.6 Å². The smallest absolute Gasteiger partial charge is 0.303 e. The molecule has 2 fully saturated rings. The summed E-state index contributed by atoms with van der Waals surface area (Å²) in [5.74, 6) is -0.292. The molecular formula is C31H37ClN4O3. The maximum atomic E-state index is 13.1. The molecule has 1 aromatic heterocycles. The molecule has 0 spiro atoms. The molecule has 8 heteroatoms. The van der Waals surface area contributed by atoms with Gasteiger partial charge in [-0.2, -0.15) is 0 Å². The van der Waals surface area contributed by atoms with E-state index in [9.17, 15) is 14.7 Å². The van der Waals surface area contributed by atoms with Crippen molar-refractivity contribution in [2.24, 2.45) is 5.92 Å². The summed E-state index contributed by atoms with van der Waals surface area (Å²) in [6.07, 6.45) is 10.3. The van der Waals surface area contributed by atoms with E-state index >= 15 is 0 Å². The molecule has 2 aromatic carbocycles. The Hall–Kier alpha value is -3.19. The van der Waals surface area contributed by atoms with Crippen molar-refractivity contribution in [3.8, 4) is 5.69 Å². The van der Waals surface area contributed by atoms with Gasteiger partial charge in [-0.1, -0.05) is 60.7 Å². The predicted molar refractivity (Wildman–Crippen MR) is 153 cm³/mol. The van der Waals surface area contributed by atoms with E-state index in [1.54, 1.807) is 12.1 Å². The second-order valence-electron chi connectivity index (χ2n) is 11.3. The lowest BCUT2D eigenvalue weighted by Gasteiger charge is -2.17. The monoisotopic (exact) mass is 548 g/mol. The molecule has 1 atom stereocenters. The fraction of sp³-hybridized carbons (Fsp3) is 0.484. The van der Waals surface area contributed by atoms with Crippen molar-refractivity contribution in [3.05, 3.63) is 70.0 Å². The zero-order chi connectivity index (χ0) is 27.4. The molecule has 3 aromatic rings. The number of aliphatic carboxylic acids is 1. The minimum absolute atomic E-state index is 0.0457. The van der Waals surface area contributed by atoms with Gasteiger partial charge in [0, 0.05) is 24.7 Å². The summed E-state index contributed by atoms with van der Waals surface area (Å²) in [6, 6.07) is 14.0. The minimum Gasteiger partial charge on any atom is -0.481 e. The molecule has 1 heterocycles. The van der Waals surface area contributed by atoms with Crippen LogP contribution in [0.25, 0.3) is 5.69 Å². The van der Waals surface area contributed by atoms with Gasteiger partial charge < -0.3 is 10.4 Å². The highest BCUT2D eigenvalue weighted by Crippen LogP contribution is 2.44. The topological polar surface area (TPSA) is 97.1 Å². The van der Waals surface area contributed by atoms with E-state index in [1.807, 2.05) is 17.7 Å². The number of aryl methyl sites for hydroxylation is 2. The summed E-state index contributed by atoms with van der Waals surface area (Å²) in [5.41, 5.74) is 5.57. The Morgan fingerprint density at radius 3 is 2.51 bits per heavy atom. The first-order valence-corrected chi connectivity index (χ1v) is 14.6. The Labute approximate surface area is 235 Å².